The van der Waals surface area contributed by atoms with Crippen LogP contribution in [0.5, 0.6) is 0 Å². The summed E-state index contributed by atoms with van der Waals surface area (Å²) in [5, 5.41) is 3.59. The van der Waals surface area contributed by atoms with Gasteiger partial charge in [-0.3, -0.25) is 0 Å². The first-order chi connectivity index (χ1) is 8.52. The van der Waals surface area contributed by atoms with Gasteiger partial charge in [0.2, 0.25) is 0 Å². The third-order valence-electron chi connectivity index (χ3n) is 3.58. The smallest absolute Gasteiger partial charge is 0.00173 e. The standard InChI is InChI=1S/C17H29N/c1-6-16(12-18-11-13(2)3)10-17-9-14(4)7-8-15(17)5/h7-9,13,16,18H,6,10-12H2,1-5H3. The van der Waals surface area contributed by atoms with Crippen LogP contribution < -0.4 is 5.32 Å². The number of hydrogen-bond donors (Lipinski definition) is 1. The molecule has 0 spiro atoms. The molecule has 0 aromatic heterocycles. The molecule has 1 nitrogen and oxygen atoms in total. The molecule has 1 aromatic carbocycles. The van der Waals surface area contributed by atoms with Gasteiger partial charge >= 0.3 is 0 Å². The second kappa shape index (κ2) is 7.58. The number of rotatable bonds is 7. The SMILES string of the molecule is CCC(CNCC(C)C)Cc1cc(C)ccc1C. The lowest BCUT2D eigenvalue weighted by Crippen LogP contribution is -2.27. The van der Waals surface area contributed by atoms with Crippen molar-refractivity contribution in [3.8, 4) is 0 Å². The van der Waals surface area contributed by atoms with E-state index in [1.807, 2.05) is 0 Å². The predicted octanol–water partition coefficient (Wildman–Crippen LogP) is 4.12. The fourth-order valence-corrected chi connectivity index (χ4v) is 2.27. The van der Waals surface area contributed by atoms with Crippen molar-refractivity contribution in [2.24, 2.45) is 11.8 Å². The number of hydrogen-bond acceptors (Lipinski definition) is 1. The van der Waals surface area contributed by atoms with Gasteiger partial charge in [0.1, 0.15) is 0 Å². The molecule has 0 aliphatic heterocycles. The Balaban J connectivity index is 2.54. The minimum Gasteiger partial charge on any atom is -0.316 e. The van der Waals surface area contributed by atoms with Gasteiger partial charge in [-0.15, -0.1) is 0 Å². The van der Waals surface area contributed by atoms with Crippen LogP contribution in [0.4, 0.5) is 0 Å². The third-order valence-corrected chi connectivity index (χ3v) is 3.58. The largest absolute Gasteiger partial charge is 0.316 e. The van der Waals surface area contributed by atoms with E-state index in [4.69, 9.17) is 0 Å². The molecule has 0 amide bonds. The van der Waals surface area contributed by atoms with E-state index in [1.54, 1.807) is 0 Å². The highest BCUT2D eigenvalue weighted by Gasteiger charge is 2.09. The van der Waals surface area contributed by atoms with E-state index in [0.29, 0.717) is 0 Å². The van der Waals surface area contributed by atoms with Crippen molar-refractivity contribution >= 4 is 0 Å². The second-order valence-corrected chi connectivity index (χ2v) is 5.96. The van der Waals surface area contributed by atoms with Gasteiger partial charge in [-0.2, -0.15) is 0 Å². The normalized spacial score (nSPS) is 13.0. The van der Waals surface area contributed by atoms with E-state index in [9.17, 15) is 0 Å². The summed E-state index contributed by atoms with van der Waals surface area (Å²) in [6.45, 7) is 13.5. The van der Waals surface area contributed by atoms with Crippen LogP contribution in [0, 0.1) is 25.7 Å². The number of aryl methyl sites for hydroxylation is 2. The van der Waals surface area contributed by atoms with Gasteiger partial charge in [-0.05, 0) is 56.3 Å². The van der Waals surface area contributed by atoms with Crippen LogP contribution in [0.25, 0.3) is 0 Å². The van der Waals surface area contributed by atoms with Gasteiger partial charge in [-0.1, -0.05) is 51.0 Å². The highest BCUT2D eigenvalue weighted by Crippen LogP contribution is 2.17. The molecule has 0 bridgehead atoms. The van der Waals surface area contributed by atoms with Crippen LogP contribution in [-0.4, -0.2) is 13.1 Å². The van der Waals surface area contributed by atoms with Crippen molar-refractivity contribution in [1.82, 2.24) is 5.32 Å². The van der Waals surface area contributed by atoms with Crippen molar-refractivity contribution in [3.05, 3.63) is 34.9 Å². The first-order valence-electron chi connectivity index (χ1n) is 7.29. The Morgan fingerprint density at radius 3 is 2.44 bits per heavy atom. The molecule has 1 unspecified atom stereocenters. The quantitative estimate of drug-likeness (QED) is 0.764. The van der Waals surface area contributed by atoms with E-state index >= 15 is 0 Å². The Labute approximate surface area is 113 Å². The molecule has 0 heterocycles. The van der Waals surface area contributed by atoms with Crippen LogP contribution >= 0.6 is 0 Å². The molecule has 102 valence electrons. The minimum atomic E-state index is 0.739. The van der Waals surface area contributed by atoms with Crippen molar-refractivity contribution in [3.63, 3.8) is 0 Å². The minimum absolute atomic E-state index is 0.739. The maximum absolute atomic E-state index is 3.59. The van der Waals surface area contributed by atoms with Crippen molar-refractivity contribution in [2.45, 2.75) is 47.5 Å². The Bertz CT molecular complexity index is 355. The van der Waals surface area contributed by atoms with Gasteiger partial charge < -0.3 is 5.32 Å². The number of nitrogens with one attached hydrogen (secondary N) is 1. The summed E-state index contributed by atoms with van der Waals surface area (Å²) in [5.74, 6) is 1.49. The summed E-state index contributed by atoms with van der Waals surface area (Å²) < 4.78 is 0. The Morgan fingerprint density at radius 2 is 1.83 bits per heavy atom. The first kappa shape index (κ1) is 15.2. The van der Waals surface area contributed by atoms with Crippen molar-refractivity contribution in [2.75, 3.05) is 13.1 Å². The summed E-state index contributed by atoms with van der Waals surface area (Å²) in [6.07, 6.45) is 2.45. The fourth-order valence-electron chi connectivity index (χ4n) is 2.27. The molecule has 0 fully saturated rings. The van der Waals surface area contributed by atoms with E-state index in [0.717, 1.165) is 24.9 Å². The van der Waals surface area contributed by atoms with Crippen LogP contribution in [0.3, 0.4) is 0 Å². The van der Waals surface area contributed by atoms with E-state index < -0.39 is 0 Å². The zero-order chi connectivity index (χ0) is 13.5. The average Bonchev–Trinajstić information content (AvgIpc) is 2.32. The van der Waals surface area contributed by atoms with Crippen molar-refractivity contribution < 1.29 is 0 Å². The van der Waals surface area contributed by atoms with E-state index in [-0.39, 0.29) is 0 Å². The Morgan fingerprint density at radius 1 is 1.11 bits per heavy atom. The highest BCUT2D eigenvalue weighted by atomic mass is 14.9. The average molecular weight is 247 g/mol. The lowest BCUT2D eigenvalue weighted by molar-refractivity contribution is 0.437. The van der Waals surface area contributed by atoms with E-state index in [2.05, 4.69) is 58.1 Å². The van der Waals surface area contributed by atoms with Gasteiger partial charge in [0, 0.05) is 0 Å². The molecule has 0 radical (unpaired) electrons. The lowest BCUT2D eigenvalue weighted by atomic mass is 9.93. The van der Waals surface area contributed by atoms with Crippen LogP contribution in [0.1, 0.15) is 43.9 Å². The molecule has 0 saturated carbocycles. The molecular formula is C17H29N. The second-order valence-electron chi connectivity index (χ2n) is 5.96. The van der Waals surface area contributed by atoms with Crippen LogP contribution in [-0.2, 0) is 6.42 Å². The van der Waals surface area contributed by atoms with Gasteiger partial charge in [0.05, 0.1) is 0 Å². The molecule has 0 saturated heterocycles. The third kappa shape index (κ3) is 5.22. The lowest BCUT2D eigenvalue weighted by Gasteiger charge is -2.18. The Hall–Kier alpha value is -0.820. The van der Waals surface area contributed by atoms with Crippen molar-refractivity contribution in [1.29, 1.82) is 0 Å². The van der Waals surface area contributed by atoms with Gasteiger partial charge in [0.25, 0.3) is 0 Å². The van der Waals surface area contributed by atoms with Crippen LogP contribution in [0.15, 0.2) is 18.2 Å². The highest BCUT2D eigenvalue weighted by molar-refractivity contribution is 5.30. The summed E-state index contributed by atoms with van der Waals surface area (Å²) >= 11 is 0. The molecule has 1 N–H and O–H groups in total. The molecule has 0 aliphatic rings. The summed E-state index contributed by atoms with van der Waals surface area (Å²) in [6, 6.07) is 6.80. The van der Waals surface area contributed by atoms with Gasteiger partial charge in [-0.25, -0.2) is 0 Å². The zero-order valence-corrected chi connectivity index (χ0v) is 12.7. The molecule has 1 heteroatoms. The molecule has 18 heavy (non-hydrogen) atoms. The maximum Gasteiger partial charge on any atom is -0.00173 e. The fraction of sp³-hybridized carbons (Fsp3) is 0.647. The molecular weight excluding hydrogens is 218 g/mol. The molecule has 1 aromatic rings. The summed E-state index contributed by atoms with van der Waals surface area (Å²) in [5.41, 5.74) is 4.33. The monoisotopic (exact) mass is 247 g/mol. The zero-order valence-electron chi connectivity index (χ0n) is 12.7. The Kier molecular flexibility index (Phi) is 6.42. The van der Waals surface area contributed by atoms with Gasteiger partial charge in [0.15, 0.2) is 0 Å². The van der Waals surface area contributed by atoms with E-state index in [1.165, 1.54) is 29.5 Å². The predicted molar refractivity (Wildman–Crippen MR) is 81.1 cm³/mol. The molecule has 1 atom stereocenters. The molecule has 0 aliphatic carbocycles. The maximum atomic E-state index is 3.59. The molecule has 1 rings (SSSR count). The topological polar surface area (TPSA) is 12.0 Å². The first-order valence-corrected chi connectivity index (χ1v) is 7.29. The number of benzene rings is 1. The summed E-state index contributed by atoms with van der Waals surface area (Å²) in [4.78, 5) is 0. The summed E-state index contributed by atoms with van der Waals surface area (Å²) in [7, 11) is 0. The van der Waals surface area contributed by atoms with Crippen LogP contribution in [0.2, 0.25) is 0 Å².